The maximum atomic E-state index is 5.45. The van der Waals surface area contributed by atoms with Crippen molar-refractivity contribution in [2.24, 2.45) is 0 Å². The van der Waals surface area contributed by atoms with Gasteiger partial charge in [-0.25, -0.2) is 0 Å². The van der Waals surface area contributed by atoms with E-state index in [9.17, 15) is 0 Å². The van der Waals surface area contributed by atoms with Gasteiger partial charge in [-0.1, -0.05) is 5.10 Å². The molecule has 0 spiro atoms. The summed E-state index contributed by atoms with van der Waals surface area (Å²) in [6.45, 7) is 0. The van der Waals surface area contributed by atoms with Gasteiger partial charge in [0.2, 0.25) is 0 Å². The minimum Gasteiger partial charge on any atom is -0.407 e. The van der Waals surface area contributed by atoms with Crippen LogP contribution in [-0.4, -0.2) is 15.2 Å². The van der Waals surface area contributed by atoms with Crippen LogP contribution in [0, 0.1) is 0 Å². The summed E-state index contributed by atoms with van der Waals surface area (Å²) in [6, 6.07) is 3.60. The van der Waals surface area contributed by atoms with Gasteiger partial charge in [-0.15, -0.1) is 5.10 Å². The topological polar surface area (TPSA) is 51.8 Å². The fourth-order valence-electron chi connectivity index (χ4n) is 0.811. The molecule has 0 aliphatic carbocycles. The van der Waals surface area contributed by atoms with E-state index in [0.29, 0.717) is 5.89 Å². The molecule has 0 fully saturated rings. The summed E-state index contributed by atoms with van der Waals surface area (Å²) in [5, 5.41) is 7.25. The van der Waals surface area contributed by atoms with Gasteiger partial charge in [-0.05, 0) is 23.7 Å². The van der Waals surface area contributed by atoms with Gasteiger partial charge in [0, 0.05) is 12.4 Å². The molecule has 0 amide bonds. The quantitative estimate of drug-likeness (QED) is 0.673. The van der Waals surface area contributed by atoms with E-state index >= 15 is 0 Å². The van der Waals surface area contributed by atoms with Crippen LogP contribution < -0.4 is 0 Å². The molecule has 0 saturated heterocycles. The Morgan fingerprint density at radius 3 is 2.83 bits per heavy atom. The lowest BCUT2D eigenvalue weighted by molar-refractivity contribution is 0.570. The van der Waals surface area contributed by atoms with Crippen LogP contribution in [0.4, 0.5) is 0 Å². The highest BCUT2D eigenvalue weighted by atomic mass is 35.5. The van der Waals surface area contributed by atoms with Gasteiger partial charge in [0.15, 0.2) is 0 Å². The smallest absolute Gasteiger partial charge is 0.313 e. The van der Waals surface area contributed by atoms with Crippen molar-refractivity contribution in [1.82, 2.24) is 15.2 Å². The fraction of sp³-hybridized carbons (Fsp3) is 0. The highest BCUT2D eigenvalue weighted by Crippen LogP contribution is 2.17. The molecule has 0 aromatic carbocycles. The van der Waals surface area contributed by atoms with Gasteiger partial charge in [0.05, 0.1) is 5.56 Å². The number of rotatable bonds is 1. The lowest BCUT2D eigenvalue weighted by atomic mass is 10.3. The average Bonchev–Trinajstić information content (AvgIpc) is 2.54. The highest BCUT2D eigenvalue weighted by molar-refractivity contribution is 6.27. The van der Waals surface area contributed by atoms with Crippen molar-refractivity contribution < 1.29 is 4.42 Å². The van der Waals surface area contributed by atoms with E-state index in [2.05, 4.69) is 15.2 Å². The SMILES string of the molecule is Clc1nnc(-c2cccnc2)o1. The van der Waals surface area contributed by atoms with Crippen LogP contribution >= 0.6 is 11.6 Å². The van der Waals surface area contributed by atoms with E-state index in [0.717, 1.165) is 5.56 Å². The highest BCUT2D eigenvalue weighted by Gasteiger charge is 2.04. The summed E-state index contributed by atoms with van der Waals surface area (Å²) < 4.78 is 4.97. The molecule has 0 unspecified atom stereocenters. The lowest BCUT2D eigenvalue weighted by Gasteiger charge is -1.89. The minimum atomic E-state index is 0.0360. The monoisotopic (exact) mass is 181 g/mol. The summed E-state index contributed by atoms with van der Waals surface area (Å²) in [4.78, 5) is 3.90. The molecule has 0 saturated carbocycles. The first-order valence-corrected chi connectivity index (χ1v) is 3.63. The van der Waals surface area contributed by atoms with Gasteiger partial charge in [0.1, 0.15) is 0 Å². The van der Waals surface area contributed by atoms with Crippen LogP contribution in [0.25, 0.3) is 11.5 Å². The van der Waals surface area contributed by atoms with Crippen molar-refractivity contribution in [2.45, 2.75) is 0 Å². The molecule has 2 rings (SSSR count). The zero-order valence-electron chi connectivity index (χ0n) is 5.94. The number of hydrogen-bond donors (Lipinski definition) is 0. The molecule has 0 N–H and O–H groups in total. The van der Waals surface area contributed by atoms with Gasteiger partial charge in [-0.3, -0.25) is 4.98 Å². The molecule has 2 heterocycles. The molecule has 0 radical (unpaired) electrons. The third-order valence-corrected chi connectivity index (χ3v) is 1.46. The Labute approximate surface area is 73.2 Å². The van der Waals surface area contributed by atoms with E-state index < -0.39 is 0 Å². The van der Waals surface area contributed by atoms with Crippen molar-refractivity contribution in [3.8, 4) is 11.5 Å². The lowest BCUT2D eigenvalue weighted by Crippen LogP contribution is -1.77. The summed E-state index contributed by atoms with van der Waals surface area (Å²) in [6.07, 6.45) is 3.30. The maximum Gasteiger partial charge on any atom is 0.313 e. The Morgan fingerprint density at radius 1 is 1.33 bits per heavy atom. The van der Waals surface area contributed by atoms with Crippen LogP contribution in [0.2, 0.25) is 5.35 Å². The van der Waals surface area contributed by atoms with Crippen LogP contribution in [0.3, 0.4) is 0 Å². The van der Waals surface area contributed by atoms with Crippen molar-refractivity contribution in [1.29, 1.82) is 0 Å². The van der Waals surface area contributed by atoms with E-state index in [1.807, 2.05) is 6.07 Å². The second kappa shape index (κ2) is 2.91. The third-order valence-electron chi connectivity index (χ3n) is 1.31. The molecular formula is C7H4ClN3O. The fourth-order valence-corrected chi connectivity index (χ4v) is 0.922. The Balaban J connectivity index is 2.45. The van der Waals surface area contributed by atoms with Crippen LogP contribution in [0.15, 0.2) is 28.9 Å². The maximum absolute atomic E-state index is 5.45. The second-order valence-corrected chi connectivity index (χ2v) is 2.43. The number of halogens is 1. The predicted octanol–water partition coefficient (Wildman–Crippen LogP) is 1.78. The van der Waals surface area contributed by atoms with Crippen molar-refractivity contribution >= 4 is 11.6 Å². The first-order chi connectivity index (χ1) is 5.86. The largest absolute Gasteiger partial charge is 0.407 e. The molecule has 0 bridgehead atoms. The Kier molecular flexibility index (Phi) is 1.75. The average molecular weight is 182 g/mol. The van der Waals surface area contributed by atoms with Gasteiger partial charge >= 0.3 is 5.35 Å². The normalized spacial score (nSPS) is 10.1. The van der Waals surface area contributed by atoms with Crippen LogP contribution in [0.5, 0.6) is 0 Å². The predicted molar refractivity (Wildman–Crippen MR) is 42.5 cm³/mol. The van der Waals surface area contributed by atoms with E-state index in [4.69, 9.17) is 16.0 Å². The Morgan fingerprint density at radius 2 is 2.25 bits per heavy atom. The van der Waals surface area contributed by atoms with E-state index in [1.165, 1.54) is 0 Å². The molecule has 12 heavy (non-hydrogen) atoms. The first-order valence-electron chi connectivity index (χ1n) is 3.25. The van der Waals surface area contributed by atoms with Crippen LogP contribution in [-0.2, 0) is 0 Å². The molecule has 2 aromatic heterocycles. The Hall–Kier alpha value is -1.42. The van der Waals surface area contributed by atoms with Crippen molar-refractivity contribution in [3.05, 3.63) is 29.9 Å². The molecule has 0 aliphatic heterocycles. The molecule has 60 valence electrons. The molecule has 2 aromatic rings. The summed E-state index contributed by atoms with van der Waals surface area (Å²) in [5.74, 6) is 0.383. The van der Waals surface area contributed by atoms with Gasteiger partial charge < -0.3 is 4.42 Å². The number of pyridine rings is 1. The number of aromatic nitrogens is 3. The van der Waals surface area contributed by atoms with Crippen molar-refractivity contribution in [2.75, 3.05) is 0 Å². The molecular weight excluding hydrogens is 178 g/mol. The van der Waals surface area contributed by atoms with Crippen LogP contribution in [0.1, 0.15) is 0 Å². The summed E-state index contributed by atoms with van der Waals surface area (Å²) >= 11 is 5.45. The Bertz CT molecular complexity index is 373. The zero-order chi connectivity index (χ0) is 8.39. The molecule has 4 nitrogen and oxygen atoms in total. The third kappa shape index (κ3) is 1.29. The molecule has 5 heteroatoms. The first kappa shape index (κ1) is 7.24. The van der Waals surface area contributed by atoms with Gasteiger partial charge in [0.25, 0.3) is 5.89 Å². The summed E-state index contributed by atoms with van der Waals surface area (Å²) in [7, 11) is 0. The van der Waals surface area contributed by atoms with Gasteiger partial charge in [-0.2, -0.15) is 0 Å². The standard InChI is InChI=1S/C7H4ClN3O/c8-7-11-10-6(12-7)5-2-1-3-9-4-5/h1-4H. The second-order valence-electron chi connectivity index (χ2n) is 2.10. The summed E-state index contributed by atoms with van der Waals surface area (Å²) in [5.41, 5.74) is 0.761. The van der Waals surface area contributed by atoms with Crippen molar-refractivity contribution in [3.63, 3.8) is 0 Å². The number of hydrogen-bond acceptors (Lipinski definition) is 4. The molecule has 0 atom stereocenters. The number of nitrogens with zero attached hydrogens (tertiary/aromatic N) is 3. The zero-order valence-corrected chi connectivity index (χ0v) is 6.69. The van der Waals surface area contributed by atoms with E-state index in [-0.39, 0.29) is 5.35 Å². The van der Waals surface area contributed by atoms with E-state index in [1.54, 1.807) is 18.5 Å². The molecule has 0 aliphatic rings. The minimum absolute atomic E-state index is 0.0360.